The number of aromatic nitrogens is 1. The first-order chi connectivity index (χ1) is 11.6. The van der Waals surface area contributed by atoms with Crippen molar-refractivity contribution in [1.29, 1.82) is 0 Å². The van der Waals surface area contributed by atoms with Crippen molar-refractivity contribution in [1.82, 2.24) is 10.3 Å². The van der Waals surface area contributed by atoms with Crippen LogP contribution >= 0.6 is 0 Å². The minimum Gasteiger partial charge on any atom is -0.395 e. The van der Waals surface area contributed by atoms with E-state index in [1.165, 1.54) is 11.1 Å². The number of nitrogens with one attached hydrogen (secondary N) is 1. The Morgan fingerprint density at radius 2 is 1.96 bits per heavy atom. The third-order valence-corrected chi connectivity index (χ3v) is 3.28. The number of anilines is 1. The average molecular weight is 331 g/mol. The summed E-state index contributed by atoms with van der Waals surface area (Å²) in [5, 5.41) is 11.7. The number of rotatable bonds is 7. The van der Waals surface area contributed by atoms with Crippen LogP contribution in [0.4, 0.5) is 10.1 Å². The van der Waals surface area contributed by atoms with E-state index in [9.17, 15) is 14.0 Å². The Hall–Kier alpha value is -2.80. The molecule has 0 saturated heterocycles. The van der Waals surface area contributed by atoms with Crippen molar-refractivity contribution in [2.75, 3.05) is 24.6 Å². The van der Waals surface area contributed by atoms with E-state index in [-0.39, 0.29) is 37.6 Å². The van der Waals surface area contributed by atoms with Gasteiger partial charge in [0.05, 0.1) is 18.4 Å². The highest BCUT2D eigenvalue weighted by molar-refractivity contribution is 5.95. The van der Waals surface area contributed by atoms with Crippen molar-refractivity contribution in [3.63, 3.8) is 0 Å². The van der Waals surface area contributed by atoms with E-state index in [0.29, 0.717) is 5.69 Å². The highest BCUT2D eigenvalue weighted by Crippen LogP contribution is 2.13. The fraction of sp³-hybridized carbons (Fsp3) is 0.235. The Labute approximate surface area is 138 Å². The van der Waals surface area contributed by atoms with Gasteiger partial charge in [-0.1, -0.05) is 18.2 Å². The maximum atomic E-state index is 13.0. The van der Waals surface area contributed by atoms with Crippen LogP contribution in [-0.2, 0) is 4.79 Å². The van der Waals surface area contributed by atoms with Crippen LogP contribution in [0.3, 0.4) is 0 Å². The molecule has 0 aliphatic rings. The molecule has 2 amide bonds. The molecule has 2 aromatic rings. The number of nitrogens with zero attached hydrogens (tertiary/aromatic N) is 2. The number of halogens is 1. The van der Waals surface area contributed by atoms with E-state index < -0.39 is 11.7 Å². The Morgan fingerprint density at radius 1 is 1.21 bits per heavy atom. The van der Waals surface area contributed by atoms with E-state index in [1.807, 2.05) is 6.07 Å². The number of benzene rings is 1. The van der Waals surface area contributed by atoms with Gasteiger partial charge in [-0.3, -0.25) is 14.6 Å². The van der Waals surface area contributed by atoms with Gasteiger partial charge in [0.1, 0.15) is 5.82 Å². The quantitative estimate of drug-likeness (QED) is 0.803. The molecule has 7 heteroatoms. The van der Waals surface area contributed by atoms with Crippen LogP contribution in [0.1, 0.15) is 16.8 Å². The number of hydrogen-bond donors (Lipinski definition) is 2. The second kappa shape index (κ2) is 8.73. The predicted octanol–water partition coefficient (Wildman–Crippen LogP) is 1.37. The molecule has 6 nitrogen and oxygen atoms in total. The maximum Gasteiger partial charge on any atom is 0.252 e. The predicted molar refractivity (Wildman–Crippen MR) is 87.0 cm³/mol. The van der Waals surface area contributed by atoms with Crippen LogP contribution in [0.2, 0.25) is 0 Å². The number of pyridine rings is 1. The standard InChI is InChI=1S/C17H18FN3O3/c18-14-10-13(11-19-12-14)17(24)20-7-6-16(23)21(8-9-22)15-4-2-1-3-5-15/h1-5,10-12,22H,6-9H2,(H,20,24). The first kappa shape index (κ1) is 17.6. The first-order valence-electron chi connectivity index (χ1n) is 7.47. The number of aliphatic hydroxyl groups is 1. The van der Waals surface area contributed by atoms with E-state index in [2.05, 4.69) is 10.3 Å². The van der Waals surface area contributed by atoms with Crippen LogP contribution < -0.4 is 10.2 Å². The highest BCUT2D eigenvalue weighted by Gasteiger charge is 2.15. The zero-order valence-electron chi connectivity index (χ0n) is 13.0. The number of amides is 2. The van der Waals surface area contributed by atoms with Gasteiger partial charge in [0.2, 0.25) is 5.91 Å². The molecule has 24 heavy (non-hydrogen) atoms. The van der Waals surface area contributed by atoms with Gasteiger partial charge in [0.15, 0.2) is 0 Å². The Bertz CT molecular complexity index is 694. The lowest BCUT2D eigenvalue weighted by atomic mass is 10.2. The van der Waals surface area contributed by atoms with Gasteiger partial charge in [-0.2, -0.15) is 0 Å². The SMILES string of the molecule is O=C(NCCC(=O)N(CCO)c1ccccc1)c1cncc(F)c1. The molecule has 0 saturated carbocycles. The fourth-order valence-electron chi connectivity index (χ4n) is 2.16. The molecule has 0 aliphatic carbocycles. The first-order valence-corrected chi connectivity index (χ1v) is 7.47. The third-order valence-electron chi connectivity index (χ3n) is 3.28. The fourth-order valence-corrected chi connectivity index (χ4v) is 2.16. The highest BCUT2D eigenvalue weighted by atomic mass is 19.1. The van der Waals surface area contributed by atoms with Crippen LogP contribution in [-0.4, -0.2) is 41.6 Å². The minimum absolute atomic E-state index is 0.0589. The number of carbonyl (C=O) groups is 2. The summed E-state index contributed by atoms with van der Waals surface area (Å²) < 4.78 is 13.0. The summed E-state index contributed by atoms with van der Waals surface area (Å²) in [5.41, 5.74) is 0.773. The van der Waals surface area contributed by atoms with Crippen LogP contribution in [0.25, 0.3) is 0 Å². The Kier molecular flexibility index (Phi) is 6.39. The summed E-state index contributed by atoms with van der Waals surface area (Å²) in [7, 11) is 0. The Morgan fingerprint density at radius 3 is 2.62 bits per heavy atom. The van der Waals surface area contributed by atoms with E-state index in [1.54, 1.807) is 24.3 Å². The van der Waals surface area contributed by atoms with Crippen molar-refractivity contribution in [2.24, 2.45) is 0 Å². The van der Waals surface area contributed by atoms with E-state index in [4.69, 9.17) is 5.11 Å². The normalized spacial score (nSPS) is 10.2. The lowest BCUT2D eigenvalue weighted by molar-refractivity contribution is -0.118. The van der Waals surface area contributed by atoms with Crippen LogP contribution in [0.5, 0.6) is 0 Å². The van der Waals surface area contributed by atoms with E-state index >= 15 is 0 Å². The molecule has 2 N–H and O–H groups in total. The molecule has 0 atom stereocenters. The lowest BCUT2D eigenvalue weighted by Gasteiger charge is -2.22. The van der Waals surface area contributed by atoms with Gasteiger partial charge < -0.3 is 15.3 Å². The molecule has 0 bridgehead atoms. The lowest BCUT2D eigenvalue weighted by Crippen LogP contribution is -2.36. The molecule has 1 aromatic heterocycles. The molecule has 0 fully saturated rings. The molecule has 0 unspecified atom stereocenters. The molecule has 0 spiro atoms. The van der Waals surface area contributed by atoms with Gasteiger partial charge in [-0.15, -0.1) is 0 Å². The average Bonchev–Trinajstić information content (AvgIpc) is 2.60. The largest absolute Gasteiger partial charge is 0.395 e. The summed E-state index contributed by atoms with van der Waals surface area (Å²) in [4.78, 5) is 29.2. The molecule has 1 heterocycles. The number of carbonyl (C=O) groups excluding carboxylic acids is 2. The number of aliphatic hydroxyl groups excluding tert-OH is 1. The van der Waals surface area contributed by atoms with Gasteiger partial charge in [0, 0.05) is 31.4 Å². The summed E-state index contributed by atoms with van der Waals surface area (Å²) in [5.74, 6) is -1.33. The molecule has 126 valence electrons. The minimum atomic E-state index is -0.600. The zero-order chi connectivity index (χ0) is 17.4. The topological polar surface area (TPSA) is 82.5 Å². The third kappa shape index (κ3) is 4.85. The molecule has 0 aliphatic heterocycles. The summed E-state index contributed by atoms with van der Waals surface area (Å²) in [6.45, 7) is 0.107. The summed E-state index contributed by atoms with van der Waals surface area (Å²) >= 11 is 0. The number of para-hydroxylation sites is 1. The van der Waals surface area contributed by atoms with Crippen LogP contribution in [0.15, 0.2) is 48.8 Å². The number of hydrogen-bond acceptors (Lipinski definition) is 4. The van der Waals surface area contributed by atoms with Crippen molar-refractivity contribution in [3.05, 3.63) is 60.2 Å². The Balaban J connectivity index is 1.90. The maximum absolute atomic E-state index is 13.0. The van der Waals surface area contributed by atoms with Crippen molar-refractivity contribution in [3.8, 4) is 0 Å². The van der Waals surface area contributed by atoms with Gasteiger partial charge in [0.25, 0.3) is 5.91 Å². The summed E-state index contributed by atoms with van der Waals surface area (Å²) in [6.07, 6.45) is 2.32. The van der Waals surface area contributed by atoms with Crippen molar-refractivity contribution >= 4 is 17.5 Å². The molecule has 0 radical (unpaired) electrons. The second-order valence-corrected chi connectivity index (χ2v) is 5.00. The van der Waals surface area contributed by atoms with Crippen molar-refractivity contribution in [2.45, 2.75) is 6.42 Å². The van der Waals surface area contributed by atoms with E-state index in [0.717, 1.165) is 12.3 Å². The molecule has 1 aromatic carbocycles. The van der Waals surface area contributed by atoms with Gasteiger partial charge in [-0.25, -0.2) is 4.39 Å². The second-order valence-electron chi connectivity index (χ2n) is 5.00. The molecule has 2 rings (SSSR count). The van der Waals surface area contributed by atoms with Gasteiger partial charge in [-0.05, 0) is 18.2 Å². The molecular formula is C17H18FN3O3. The molecular weight excluding hydrogens is 313 g/mol. The zero-order valence-corrected chi connectivity index (χ0v) is 13.0. The summed E-state index contributed by atoms with van der Waals surface area (Å²) in [6, 6.07) is 10.0. The van der Waals surface area contributed by atoms with Crippen molar-refractivity contribution < 1.29 is 19.1 Å². The smallest absolute Gasteiger partial charge is 0.252 e. The van der Waals surface area contributed by atoms with Gasteiger partial charge >= 0.3 is 0 Å². The monoisotopic (exact) mass is 331 g/mol. The van der Waals surface area contributed by atoms with Crippen LogP contribution in [0, 0.1) is 5.82 Å².